The van der Waals surface area contributed by atoms with Gasteiger partial charge in [-0.3, -0.25) is 4.31 Å². The maximum atomic E-state index is 13.6. The molecule has 10 heteroatoms. The van der Waals surface area contributed by atoms with Crippen molar-refractivity contribution < 1.29 is 31.9 Å². The number of benzene rings is 2. The van der Waals surface area contributed by atoms with Gasteiger partial charge in [-0.25, -0.2) is 13.2 Å². The molecule has 0 aliphatic heterocycles. The minimum Gasteiger partial charge on any atom is -0.497 e. The molecule has 0 amide bonds. The predicted octanol–water partition coefficient (Wildman–Crippen LogP) is 3.75. The number of ether oxygens (including phenoxy) is 3. The van der Waals surface area contributed by atoms with Crippen molar-refractivity contribution in [1.82, 2.24) is 5.16 Å². The molecule has 0 unspecified atom stereocenters. The second-order valence-electron chi connectivity index (χ2n) is 6.53. The Labute approximate surface area is 186 Å². The standard InChI is InChI=1S/C22H24N2O7S/c1-5-24(16-8-10-17(28-3)11-9-16)32(26,27)21-13-15(7-12-19(21)29-4)20-14-18(23-31-20)22(25)30-6-2/h7-14H,5-6H2,1-4H3. The van der Waals surface area contributed by atoms with Gasteiger partial charge in [0.25, 0.3) is 10.0 Å². The Kier molecular flexibility index (Phi) is 7.04. The molecule has 0 fully saturated rings. The summed E-state index contributed by atoms with van der Waals surface area (Å²) in [6.07, 6.45) is 0. The number of anilines is 1. The maximum absolute atomic E-state index is 13.6. The number of carbonyl (C=O) groups is 1. The number of sulfonamides is 1. The van der Waals surface area contributed by atoms with Crippen LogP contribution in [0.15, 0.2) is 57.9 Å². The summed E-state index contributed by atoms with van der Waals surface area (Å²) in [7, 11) is -1.07. The summed E-state index contributed by atoms with van der Waals surface area (Å²) < 4.78 is 49.0. The lowest BCUT2D eigenvalue weighted by Gasteiger charge is -2.24. The van der Waals surface area contributed by atoms with Crippen LogP contribution in [-0.2, 0) is 14.8 Å². The number of hydrogen-bond donors (Lipinski definition) is 0. The first-order valence-electron chi connectivity index (χ1n) is 9.84. The van der Waals surface area contributed by atoms with E-state index in [2.05, 4.69) is 5.16 Å². The Morgan fingerprint density at radius 3 is 2.34 bits per heavy atom. The number of rotatable bonds is 9. The zero-order chi connectivity index (χ0) is 23.3. The van der Waals surface area contributed by atoms with Gasteiger partial charge in [-0.2, -0.15) is 0 Å². The van der Waals surface area contributed by atoms with E-state index in [9.17, 15) is 13.2 Å². The Bertz CT molecular complexity index is 1190. The van der Waals surface area contributed by atoms with Crippen LogP contribution in [0.5, 0.6) is 11.5 Å². The number of aromatic nitrogens is 1. The number of esters is 1. The molecule has 0 bridgehead atoms. The van der Waals surface area contributed by atoms with Crippen LogP contribution in [0, 0.1) is 0 Å². The predicted molar refractivity (Wildman–Crippen MR) is 118 cm³/mol. The van der Waals surface area contributed by atoms with Gasteiger partial charge in [0, 0.05) is 18.2 Å². The minimum absolute atomic E-state index is 0.00417. The SMILES string of the molecule is CCOC(=O)c1cc(-c2ccc(OC)c(S(=O)(=O)N(CC)c3ccc(OC)cc3)c2)on1. The van der Waals surface area contributed by atoms with Gasteiger partial charge in [-0.1, -0.05) is 5.16 Å². The summed E-state index contributed by atoms with van der Waals surface area (Å²) in [4.78, 5) is 11.8. The highest BCUT2D eigenvalue weighted by Crippen LogP contribution is 2.34. The molecule has 3 rings (SSSR count). The molecular formula is C22H24N2O7S. The van der Waals surface area contributed by atoms with E-state index >= 15 is 0 Å². The monoisotopic (exact) mass is 460 g/mol. The molecule has 0 radical (unpaired) electrons. The molecular weight excluding hydrogens is 436 g/mol. The molecule has 170 valence electrons. The van der Waals surface area contributed by atoms with Crippen molar-refractivity contribution in [2.24, 2.45) is 0 Å². The average Bonchev–Trinajstić information content (AvgIpc) is 3.30. The highest BCUT2D eigenvalue weighted by molar-refractivity contribution is 7.93. The zero-order valence-electron chi connectivity index (χ0n) is 18.2. The van der Waals surface area contributed by atoms with Crippen LogP contribution in [0.4, 0.5) is 5.69 Å². The largest absolute Gasteiger partial charge is 0.497 e. The first-order valence-corrected chi connectivity index (χ1v) is 11.3. The van der Waals surface area contributed by atoms with E-state index in [1.165, 1.54) is 36.7 Å². The fourth-order valence-electron chi connectivity index (χ4n) is 3.10. The molecule has 0 aliphatic carbocycles. The molecule has 2 aromatic carbocycles. The lowest BCUT2D eigenvalue weighted by molar-refractivity contribution is 0.0514. The Morgan fingerprint density at radius 2 is 1.75 bits per heavy atom. The van der Waals surface area contributed by atoms with Crippen molar-refractivity contribution in [3.63, 3.8) is 0 Å². The Morgan fingerprint density at radius 1 is 1.03 bits per heavy atom. The number of nitrogens with zero attached hydrogens (tertiary/aromatic N) is 2. The second-order valence-corrected chi connectivity index (χ2v) is 8.36. The van der Waals surface area contributed by atoms with Gasteiger partial charge < -0.3 is 18.7 Å². The molecule has 9 nitrogen and oxygen atoms in total. The summed E-state index contributed by atoms with van der Waals surface area (Å²) in [5.41, 5.74) is 0.888. The van der Waals surface area contributed by atoms with E-state index in [0.29, 0.717) is 17.0 Å². The summed E-state index contributed by atoms with van der Waals surface area (Å²) in [6.45, 7) is 3.81. The quantitative estimate of drug-likeness (QED) is 0.444. The average molecular weight is 461 g/mol. The van der Waals surface area contributed by atoms with E-state index in [0.717, 1.165) is 0 Å². The van der Waals surface area contributed by atoms with Gasteiger partial charge in [-0.15, -0.1) is 0 Å². The van der Waals surface area contributed by atoms with Crippen molar-refractivity contribution in [3.8, 4) is 22.8 Å². The maximum Gasteiger partial charge on any atom is 0.360 e. The third kappa shape index (κ3) is 4.54. The van der Waals surface area contributed by atoms with Crippen LogP contribution in [0.1, 0.15) is 24.3 Å². The van der Waals surface area contributed by atoms with Crippen molar-refractivity contribution in [1.29, 1.82) is 0 Å². The highest BCUT2D eigenvalue weighted by atomic mass is 32.2. The molecule has 0 N–H and O–H groups in total. The summed E-state index contributed by atoms with van der Waals surface area (Å²) in [6, 6.07) is 12.7. The Balaban J connectivity index is 2.04. The zero-order valence-corrected chi connectivity index (χ0v) is 19.0. The van der Waals surface area contributed by atoms with Crippen LogP contribution in [0.3, 0.4) is 0 Å². The first-order chi connectivity index (χ1) is 15.3. The van der Waals surface area contributed by atoms with Crippen LogP contribution < -0.4 is 13.8 Å². The van der Waals surface area contributed by atoms with Gasteiger partial charge in [0.05, 0.1) is 26.5 Å². The molecule has 0 aliphatic rings. The van der Waals surface area contributed by atoms with E-state index in [4.69, 9.17) is 18.7 Å². The van der Waals surface area contributed by atoms with Crippen molar-refractivity contribution in [3.05, 3.63) is 54.2 Å². The normalized spacial score (nSPS) is 11.1. The van der Waals surface area contributed by atoms with Crippen LogP contribution in [-0.4, -0.2) is 46.9 Å². The fraction of sp³-hybridized carbons (Fsp3) is 0.273. The summed E-state index contributed by atoms with van der Waals surface area (Å²) in [5, 5.41) is 3.71. The molecule has 1 heterocycles. The van der Waals surface area contributed by atoms with Gasteiger partial charge in [-0.05, 0) is 56.3 Å². The van der Waals surface area contributed by atoms with E-state index in [1.54, 1.807) is 44.2 Å². The lowest BCUT2D eigenvalue weighted by atomic mass is 10.1. The van der Waals surface area contributed by atoms with Crippen LogP contribution in [0.2, 0.25) is 0 Å². The van der Waals surface area contributed by atoms with Crippen LogP contribution in [0.25, 0.3) is 11.3 Å². The number of carbonyl (C=O) groups excluding carboxylic acids is 1. The topological polar surface area (TPSA) is 108 Å². The van der Waals surface area contributed by atoms with Crippen molar-refractivity contribution in [2.45, 2.75) is 18.7 Å². The molecule has 1 aromatic heterocycles. The number of methoxy groups -OCH3 is 2. The molecule has 0 saturated heterocycles. The molecule has 0 saturated carbocycles. The molecule has 32 heavy (non-hydrogen) atoms. The lowest BCUT2D eigenvalue weighted by Crippen LogP contribution is -2.31. The first kappa shape index (κ1) is 23.1. The Hall–Kier alpha value is -3.53. The van der Waals surface area contributed by atoms with Crippen molar-refractivity contribution >= 4 is 21.7 Å². The van der Waals surface area contributed by atoms with E-state index in [1.807, 2.05) is 0 Å². The van der Waals surface area contributed by atoms with E-state index in [-0.39, 0.29) is 35.3 Å². The van der Waals surface area contributed by atoms with Gasteiger partial charge in [0.1, 0.15) is 16.4 Å². The highest BCUT2D eigenvalue weighted by Gasteiger charge is 2.28. The summed E-state index contributed by atoms with van der Waals surface area (Å²) >= 11 is 0. The van der Waals surface area contributed by atoms with Gasteiger partial charge in [0.15, 0.2) is 11.5 Å². The molecule has 3 aromatic rings. The van der Waals surface area contributed by atoms with Gasteiger partial charge in [0.2, 0.25) is 0 Å². The fourth-order valence-corrected chi connectivity index (χ4v) is 4.76. The van der Waals surface area contributed by atoms with Crippen LogP contribution >= 0.6 is 0 Å². The minimum atomic E-state index is -4.00. The molecule has 0 atom stereocenters. The smallest absolute Gasteiger partial charge is 0.360 e. The third-order valence-electron chi connectivity index (χ3n) is 4.66. The number of hydrogen-bond acceptors (Lipinski definition) is 8. The van der Waals surface area contributed by atoms with Crippen molar-refractivity contribution in [2.75, 3.05) is 31.7 Å². The second kappa shape index (κ2) is 9.73. The third-order valence-corrected chi connectivity index (χ3v) is 6.58. The molecule has 0 spiro atoms. The van der Waals surface area contributed by atoms with Gasteiger partial charge >= 0.3 is 5.97 Å². The van der Waals surface area contributed by atoms with E-state index < -0.39 is 16.0 Å². The summed E-state index contributed by atoms with van der Waals surface area (Å²) in [5.74, 6) is 0.385.